The van der Waals surface area contributed by atoms with Gasteiger partial charge in [-0.25, -0.2) is 9.78 Å². The number of imidazole rings is 1. The second-order valence-electron chi connectivity index (χ2n) is 3.65. The van der Waals surface area contributed by atoms with Gasteiger partial charge in [0, 0.05) is 11.9 Å². The van der Waals surface area contributed by atoms with Crippen molar-refractivity contribution >= 4 is 17.3 Å². The number of nitrogen functional groups attached to an aromatic ring is 1. The Balaban J connectivity index is 2.75. The molecule has 5 heteroatoms. The van der Waals surface area contributed by atoms with Crippen molar-refractivity contribution < 1.29 is 9.53 Å². The van der Waals surface area contributed by atoms with E-state index in [4.69, 9.17) is 5.73 Å². The van der Waals surface area contributed by atoms with Gasteiger partial charge in [0.05, 0.1) is 24.1 Å². The molecule has 84 valence electrons. The molecule has 0 amide bonds. The summed E-state index contributed by atoms with van der Waals surface area (Å²) in [6.07, 6.45) is 1.69. The van der Waals surface area contributed by atoms with E-state index >= 15 is 0 Å². The largest absolute Gasteiger partial charge is 0.465 e. The van der Waals surface area contributed by atoms with Crippen molar-refractivity contribution in [2.24, 2.45) is 0 Å². The van der Waals surface area contributed by atoms with Gasteiger partial charge in [0.25, 0.3) is 0 Å². The predicted octanol–water partition coefficient (Wildman–Crippen LogP) is 1.32. The van der Waals surface area contributed by atoms with Crippen molar-refractivity contribution in [2.45, 2.75) is 13.8 Å². The standard InChI is InChI=1S/C11H13N3O2/c1-6-7(2)14-5-8(11(15)16-3)4-9(12)10(14)13-6/h4-5H,12H2,1-3H3. The SMILES string of the molecule is COC(=O)c1cc(N)c2nc(C)c(C)n2c1. The molecule has 2 heterocycles. The lowest BCUT2D eigenvalue weighted by Gasteiger charge is -2.04. The summed E-state index contributed by atoms with van der Waals surface area (Å²) in [6.45, 7) is 3.83. The van der Waals surface area contributed by atoms with Crippen LogP contribution in [0.25, 0.3) is 5.65 Å². The van der Waals surface area contributed by atoms with Gasteiger partial charge in [-0.15, -0.1) is 0 Å². The zero-order valence-corrected chi connectivity index (χ0v) is 9.44. The van der Waals surface area contributed by atoms with Crippen molar-refractivity contribution in [3.05, 3.63) is 29.2 Å². The molecule has 0 unspecified atom stereocenters. The van der Waals surface area contributed by atoms with E-state index in [1.807, 2.05) is 13.8 Å². The lowest BCUT2D eigenvalue weighted by atomic mass is 10.2. The summed E-state index contributed by atoms with van der Waals surface area (Å²) in [5.41, 5.74) is 9.27. The average Bonchev–Trinajstić information content (AvgIpc) is 2.56. The molecule has 0 aromatic carbocycles. The molecule has 2 aromatic heterocycles. The summed E-state index contributed by atoms with van der Waals surface area (Å²) in [4.78, 5) is 15.7. The number of carbonyl (C=O) groups is 1. The first-order valence-corrected chi connectivity index (χ1v) is 4.87. The van der Waals surface area contributed by atoms with Gasteiger partial charge in [0.1, 0.15) is 0 Å². The molecule has 5 nitrogen and oxygen atoms in total. The van der Waals surface area contributed by atoms with Crippen LogP contribution in [0.15, 0.2) is 12.3 Å². The van der Waals surface area contributed by atoms with Crippen LogP contribution in [0.5, 0.6) is 0 Å². The Bertz CT molecular complexity index is 572. The van der Waals surface area contributed by atoms with E-state index in [1.165, 1.54) is 7.11 Å². The number of pyridine rings is 1. The van der Waals surface area contributed by atoms with Gasteiger partial charge < -0.3 is 14.9 Å². The van der Waals surface area contributed by atoms with E-state index in [-0.39, 0.29) is 0 Å². The molecule has 0 spiro atoms. The van der Waals surface area contributed by atoms with Crippen molar-refractivity contribution in [3.63, 3.8) is 0 Å². The number of hydrogen-bond donors (Lipinski definition) is 1. The minimum Gasteiger partial charge on any atom is -0.465 e. The van der Waals surface area contributed by atoms with Gasteiger partial charge in [0.15, 0.2) is 5.65 Å². The van der Waals surface area contributed by atoms with Crippen LogP contribution in [0, 0.1) is 13.8 Å². The number of methoxy groups -OCH3 is 1. The van der Waals surface area contributed by atoms with Crippen molar-refractivity contribution in [3.8, 4) is 0 Å². The van der Waals surface area contributed by atoms with Gasteiger partial charge in [-0.05, 0) is 19.9 Å². The average molecular weight is 219 g/mol. The van der Waals surface area contributed by atoms with Gasteiger partial charge in [-0.3, -0.25) is 0 Å². The van der Waals surface area contributed by atoms with Crippen LogP contribution in [0.4, 0.5) is 5.69 Å². The number of carbonyl (C=O) groups excluding carboxylic acids is 1. The monoisotopic (exact) mass is 219 g/mol. The molecule has 0 aliphatic carbocycles. The minimum absolute atomic E-state index is 0.403. The van der Waals surface area contributed by atoms with E-state index in [2.05, 4.69) is 9.72 Å². The number of hydrogen-bond acceptors (Lipinski definition) is 4. The van der Waals surface area contributed by atoms with Crippen LogP contribution in [0.1, 0.15) is 21.7 Å². The van der Waals surface area contributed by atoms with Crippen molar-refractivity contribution in [1.82, 2.24) is 9.38 Å². The Labute approximate surface area is 92.8 Å². The Morgan fingerprint density at radius 1 is 1.50 bits per heavy atom. The molecule has 0 saturated carbocycles. The molecule has 0 atom stereocenters. The predicted molar refractivity (Wildman–Crippen MR) is 60.4 cm³/mol. The highest BCUT2D eigenvalue weighted by Crippen LogP contribution is 2.19. The van der Waals surface area contributed by atoms with Crippen molar-refractivity contribution in [2.75, 3.05) is 12.8 Å². The second kappa shape index (κ2) is 3.52. The van der Waals surface area contributed by atoms with Crippen LogP contribution in [0.3, 0.4) is 0 Å². The molecule has 16 heavy (non-hydrogen) atoms. The molecule has 0 saturated heterocycles. The highest BCUT2D eigenvalue weighted by atomic mass is 16.5. The third-order valence-corrected chi connectivity index (χ3v) is 2.65. The second-order valence-corrected chi connectivity index (χ2v) is 3.65. The summed E-state index contributed by atoms with van der Waals surface area (Å²) >= 11 is 0. The molecular weight excluding hydrogens is 206 g/mol. The normalized spacial score (nSPS) is 10.7. The lowest BCUT2D eigenvalue weighted by Crippen LogP contribution is -2.05. The van der Waals surface area contributed by atoms with Gasteiger partial charge in [0.2, 0.25) is 0 Å². The number of aryl methyl sites for hydroxylation is 2. The Morgan fingerprint density at radius 2 is 2.19 bits per heavy atom. The fraction of sp³-hybridized carbons (Fsp3) is 0.273. The first kappa shape index (κ1) is 10.5. The number of anilines is 1. The summed E-state index contributed by atoms with van der Waals surface area (Å²) < 4.78 is 6.46. The molecule has 2 N–H and O–H groups in total. The zero-order chi connectivity index (χ0) is 11.9. The Hall–Kier alpha value is -2.04. The third kappa shape index (κ3) is 1.41. The van der Waals surface area contributed by atoms with Gasteiger partial charge in [-0.2, -0.15) is 0 Å². The van der Waals surface area contributed by atoms with Crippen LogP contribution in [-0.4, -0.2) is 22.5 Å². The highest BCUT2D eigenvalue weighted by molar-refractivity contribution is 5.91. The fourth-order valence-electron chi connectivity index (χ4n) is 1.63. The number of aromatic nitrogens is 2. The minimum atomic E-state index is -0.403. The number of nitrogens with two attached hydrogens (primary N) is 1. The van der Waals surface area contributed by atoms with Crippen LogP contribution >= 0.6 is 0 Å². The molecule has 0 aliphatic rings. The molecule has 0 bridgehead atoms. The number of fused-ring (bicyclic) bond motifs is 1. The topological polar surface area (TPSA) is 69.6 Å². The van der Waals surface area contributed by atoms with E-state index in [0.29, 0.717) is 16.9 Å². The van der Waals surface area contributed by atoms with E-state index in [9.17, 15) is 4.79 Å². The van der Waals surface area contributed by atoms with Gasteiger partial charge >= 0.3 is 5.97 Å². The van der Waals surface area contributed by atoms with Crippen molar-refractivity contribution in [1.29, 1.82) is 0 Å². The maximum atomic E-state index is 11.4. The van der Waals surface area contributed by atoms with Crippen LogP contribution in [-0.2, 0) is 4.74 Å². The number of rotatable bonds is 1. The summed E-state index contributed by atoms with van der Waals surface area (Å²) in [7, 11) is 1.34. The number of nitrogens with zero attached hydrogens (tertiary/aromatic N) is 2. The zero-order valence-electron chi connectivity index (χ0n) is 9.44. The van der Waals surface area contributed by atoms with Crippen LogP contribution < -0.4 is 5.73 Å². The Morgan fingerprint density at radius 3 is 2.81 bits per heavy atom. The van der Waals surface area contributed by atoms with Crippen LogP contribution in [0.2, 0.25) is 0 Å². The lowest BCUT2D eigenvalue weighted by molar-refractivity contribution is 0.0600. The maximum Gasteiger partial charge on any atom is 0.339 e. The number of esters is 1. The smallest absolute Gasteiger partial charge is 0.339 e. The summed E-state index contributed by atoms with van der Waals surface area (Å²) in [5, 5.41) is 0. The molecule has 0 radical (unpaired) electrons. The van der Waals surface area contributed by atoms with E-state index < -0.39 is 5.97 Å². The fourth-order valence-corrected chi connectivity index (χ4v) is 1.63. The molecule has 0 aliphatic heterocycles. The Kier molecular flexibility index (Phi) is 2.30. The maximum absolute atomic E-state index is 11.4. The highest BCUT2D eigenvalue weighted by Gasteiger charge is 2.12. The molecule has 2 aromatic rings. The molecule has 0 fully saturated rings. The van der Waals surface area contributed by atoms with E-state index in [0.717, 1.165) is 11.4 Å². The van der Waals surface area contributed by atoms with Gasteiger partial charge in [-0.1, -0.05) is 0 Å². The first-order valence-electron chi connectivity index (χ1n) is 4.87. The third-order valence-electron chi connectivity index (χ3n) is 2.65. The number of ether oxygens (including phenoxy) is 1. The first-order chi connectivity index (χ1) is 7.54. The van der Waals surface area contributed by atoms with E-state index in [1.54, 1.807) is 16.7 Å². The summed E-state index contributed by atoms with van der Waals surface area (Å²) in [6, 6.07) is 1.58. The quantitative estimate of drug-likeness (QED) is 0.734. The summed E-state index contributed by atoms with van der Waals surface area (Å²) in [5.74, 6) is -0.403. The molecule has 2 rings (SSSR count). The molecular formula is C11H13N3O2.